The van der Waals surface area contributed by atoms with Gasteiger partial charge in [-0.1, -0.05) is 6.07 Å². The highest BCUT2D eigenvalue weighted by molar-refractivity contribution is 5.87. The Labute approximate surface area is 93.0 Å². The van der Waals surface area contributed by atoms with Gasteiger partial charge in [0, 0.05) is 17.5 Å². The number of H-pyrrole nitrogens is 1. The van der Waals surface area contributed by atoms with E-state index in [1.807, 2.05) is 25.1 Å². The van der Waals surface area contributed by atoms with Crippen LogP contribution in [0.4, 0.5) is 0 Å². The molecule has 3 N–H and O–H groups in total. The van der Waals surface area contributed by atoms with Crippen LogP contribution in [0.5, 0.6) is 5.75 Å². The third-order valence-corrected chi connectivity index (χ3v) is 2.71. The highest BCUT2D eigenvalue weighted by Gasteiger charge is 2.07. The van der Waals surface area contributed by atoms with E-state index in [2.05, 4.69) is 4.98 Å². The Morgan fingerprint density at radius 3 is 2.81 bits per heavy atom. The van der Waals surface area contributed by atoms with Gasteiger partial charge in [-0.15, -0.1) is 0 Å². The predicted octanol–water partition coefficient (Wildman–Crippen LogP) is 1.30. The number of nitrogens with one attached hydrogen (secondary N) is 1. The first-order valence-electron chi connectivity index (χ1n) is 5.07. The SMILES string of the molecule is COc1ccc(C)c2cc(CN)c(=O)[nH]c12. The maximum absolute atomic E-state index is 11.7. The van der Waals surface area contributed by atoms with Gasteiger partial charge in [-0.05, 0) is 24.6 Å². The molecule has 0 spiro atoms. The summed E-state index contributed by atoms with van der Waals surface area (Å²) in [7, 11) is 1.58. The molecule has 1 aromatic heterocycles. The minimum atomic E-state index is -0.154. The molecular weight excluding hydrogens is 204 g/mol. The first-order chi connectivity index (χ1) is 7.67. The number of ether oxygens (including phenoxy) is 1. The van der Waals surface area contributed by atoms with Gasteiger partial charge in [-0.3, -0.25) is 4.79 Å². The fourth-order valence-electron chi connectivity index (χ4n) is 1.77. The van der Waals surface area contributed by atoms with Gasteiger partial charge in [0.1, 0.15) is 5.75 Å². The van der Waals surface area contributed by atoms with Crippen LogP contribution < -0.4 is 16.0 Å². The standard InChI is InChI=1S/C12H14N2O2/c1-7-3-4-10(16-2)11-9(7)5-8(6-13)12(15)14-11/h3-5H,6,13H2,1-2H3,(H,14,15). The van der Waals surface area contributed by atoms with Crippen LogP contribution >= 0.6 is 0 Å². The Kier molecular flexibility index (Phi) is 2.66. The smallest absolute Gasteiger partial charge is 0.253 e. The molecule has 0 aliphatic carbocycles. The van der Waals surface area contributed by atoms with Crippen molar-refractivity contribution in [3.63, 3.8) is 0 Å². The molecule has 1 aromatic carbocycles. The minimum absolute atomic E-state index is 0.154. The molecule has 4 heteroatoms. The molecule has 84 valence electrons. The number of rotatable bonds is 2. The normalized spacial score (nSPS) is 10.7. The van der Waals surface area contributed by atoms with Crippen molar-refractivity contribution in [2.45, 2.75) is 13.5 Å². The van der Waals surface area contributed by atoms with Crippen LogP contribution in [-0.4, -0.2) is 12.1 Å². The topological polar surface area (TPSA) is 68.1 Å². The first-order valence-corrected chi connectivity index (χ1v) is 5.07. The number of aryl methyl sites for hydroxylation is 1. The van der Waals surface area contributed by atoms with E-state index in [1.54, 1.807) is 7.11 Å². The van der Waals surface area contributed by atoms with E-state index in [0.29, 0.717) is 11.3 Å². The predicted molar refractivity (Wildman–Crippen MR) is 63.7 cm³/mol. The summed E-state index contributed by atoms with van der Waals surface area (Å²) in [6.45, 7) is 2.22. The van der Waals surface area contributed by atoms with Gasteiger partial charge >= 0.3 is 0 Å². The molecule has 0 unspecified atom stereocenters. The number of methoxy groups -OCH3 is 1. The third-order valence-electron chi connectivity index (χ3n) is 2.71. The highest BCUT2D eigenvalue weighted by atomic mass is 16.5. The number of nitrogens with two attached hydrogens (primary N) is 1. The van der Waals surface area contributed by atoms with Gasteiger partial charge in [0.05, 0.1) is 12.6 Å². The highest BCUT2D eigenvalue weighted by Crippen LogP contribution is 2.25. The number of fused-ring (bicyclic) bond motifs is 1. The molecule has 2 rings (SSSR count). The monoisotopic (exact) mass is 218 g/mol. The van der Waals surface area contributed by atoms with Crippen molar-refractivity contribution in [3.05, 3.63) is 39.7 Å². The summed E-state index contributed by atoms with van der Waals surface area (Å²) in [6.07, 6.45) is 0. The van der Waals surface area contributed by atoms with Gasteiger partial charge < -0.3 is 15.5 Å². The van der Waals surface area contributed by atoms with Crippen LogP contribution in [0.15, 0.2) is 23.0 Å². The Morgan fingerprint density at radius 2 is 2.19 bits per heavy atom. The summed E-state index contributed by atoms with van der Waals surface area (Å²) >= 11 is 0. The Morgan fingerprint density at radius 1 is 1.44 bits per heavy atom. The van der Waals surface area contributed by atoms with Crippen LogP contribution in [0.1, 0.15) is 11.1 Å². The van der Waals surface area contributed by atoms with Crippen LogP contribution in [0.3, 0.4) is 0 Å². The summed E-state index contributed by atoms with van der Waals surface area (Å²) < 4.78 is 5.21. The first kappa shape index (κ1) is 10.7. The van der Waals surface area contributed by atoms with Crippen molar-refractivity contribution < 1.29 is 4.74 Å². The maximum atomic E-state index is 11.7. The summed E-state index contributed by atoms with van der Waals surface area (Å²) in [6, 6.07) is 5.63. The van der Waals surface area contributed by atoms with Crippen molar-refractivity contribution in [2.24, 2.45) is 5.73 Å². The van der Waals surface area contributed by atoms with Crippen molar-refractivity contribution >= 4 is 10.9 Å². The van der Waals surface area contributed by atoms with Crippen molar-refractivity contribution in [1.82, 2.24) is 4.98 Å². The van der Waals surface area contributed by atoms with E-state index in [0.717, 1.165) is 16.5 Å². The molecule has 0 radical (unpaired) electrons. The molecule has 0 saturated carbocycles. The molecule has 2 aromatic rings. The molecule has 16 heavy (non-hydrogen) atoms. The molecule has 0 fully saturated rings. The van der Waals surface area contributed by atoms with Crippen molar-refractivity contribution in [3.8, 4) is 5.75 Å². The number of benzene rings is 1. The van der Waals surface area contributed by atoms with Crippen molar-refractivity contribution in [2.75, 3.05) is 7.11 Å². The Balaban J connectivity index is 2.88. The lowest BCUT2D eigenvalue weighted by Gasteiger charge is -2.08. The maximum Gasteiger partial charge on any atom is 0.253 e. The van der Waals surface area contributed by atoms with Crippen LogP contribution in [-0.2, 0) is 6.54 Å². The number of hydrogen-bond acceptors (Lipinski definition) is 3. The van der Waals surface area contributed by atoms with E-state index in [-0.39, 0.29) is 12.1 Å². The van der Waals surface area contributed by atoms with E-state index in [1.165, 1.54) is 0 Å². The molecule has 4 nitrogen and oxygen atoms in total. The molecule has 0 amide bonds. The summed E-state index contributed by atoms with van der Waals surface area (Å²) in [4.78, 5) is 14.5. The average molecular weight is 218 g/mol. The second-order valence-electron chi connectivity index (χ2n) is 3.70. The zero-order valence-electron chi connectivity index (χ0n) is 9.33. The van der Waals surface area contributed by atoms with Crippen LogP contribution in [0, 0.1) is 6.92 Å². The lowest BCUT2D eigenvalue weighted by Crippen LogP contribution is -2.16. The van der Waals surface area contributed by atoms with Gasteiger partial charge in [-0.2, -0.15) is 0 Å². The number of aromatic amines is 1. The molecule has 0 saturated heterocycles. The fraction of sp³-hybridized carbons (Fsp3) is 0.250. The van der Waals surface area contributed by atoms with Crippen molar-refractivity contribution in [1.29, 1.82) is 0 Å². The Hall–Kier alpha value is -1.81. The fourth-order valence-corrected chi connectivity index (χ4v) is 1.77. The second-order valence-corrected chi connectivity index (χ2v) is 3.70. The average Bonchev–Trinajstić information content (AvgIpc) is 2.29. The van der Waals surface area contributed by atoms with E-state index in [4.69, 9.17) is 10.5 Å². The molecule has 1 heterocycles. The quantitative estimate of drug-likeness (QED) is 0.798. The second kappa shape index (κ2) is 3.98. The van der Waals surface area contributed by atoms with Gasteiger partial charge in [0.25, 0.3) is 5.56 Å². The molecule has 0 aliphatic heterocycles. The summed E-state index contributed by atoms with van der Waals surface area (Å²) in [5.74, 6) is 0.668. The minimum Gasteiger partial charge on any atom is -0.495 e. The zero-order chi connectivity index (χ0) is 11.7. The summed E-state index contributed by atoms with van der Waals surface area (Å²) in [5.41, 5.74) is 7.76. The largest absolute Gasteiger partial charge is 0.495 e. The molecular formula is C12H14N2O2. The molecule has 0 atom stereocenters. The number of aromatic nitrogens is 1. The molecule has 0 bridgehead atoms. The van der Waals surface area contributed by atoms with E-state index < -0.39 is 0 Å². The van der Waals surface area contributed by atoms with Crippen LogP contribution in [0.2, 0.25) is 0 Å². The lowest BCUT2D eigenvalue weighted by molar-refractivity contribution is 0.418. The summed E-state index contributed by atoms with van der Waals surface area (Å²) in [5, 5.41) is 0.972. The van der Waals surface area contributed by atoms with Gasteiger partial charge in [0.15, 0.2) is 0 Å². The number of pyridine rings is 1. The zero-order valence-corrected chi connectivity index (χ0v) is 9.33. The third kappa shape index (κ3) is 1.57. The molecule has 0 aliphatic rings. The van der Waals surface area contributed by atoms with E-state index >= 15 is 0 Å². The van der Waals surface area contributed by atoms with E-state index in [9.17, 15) is 4.79 Å². The lowest BCUT2D eigenvalue weighted by atomic mass is 10.1. The number of hydrogen-bond donors (Lipinski definition) is 2. The Bertz CT molecular complexity index is 587. The van der Waals surface area contributed by atoms with Gasteiger partial charge in [0.2, 0.25) is 0 Å². The van der Waals surface area contributed by atoms with Crippen LogP contribution in [0.25, 0.3) is 10.9 Å². The van der Waals surface area contributed by atoms with Gasteiger partial charge in [-0.25, -0.2) is 0 Å².